The number of unbranched alkanes of at least 4 members (excludes halogenated alkanes) is 1. The van der Waals surface area contributed by atoms with Crippen molar-refractivity contribution in [1.82, 2.24) is 9.47 Å². The molecule has 2 aromatic carbocycles. The van der Waals surface area contributed by atoms with Crippen LogP contribution in [0.2, 0.25) is 0 Å². The van der Waals surface area contributed by atoms with Gasteiger partial charge in [-0.25, -0.2) is 0 Å². The predicted molar refractivity (Wildman–Crippen MR) is 143 cm³/mol. The number of aliphatic hydroxyl groups is 1. The molecule has 1 saturated heterocycles. The molecule has 0 aliphatic carbocycles. The number of aromatic nitrogens is 1. The minimum atomic E-state index is -0.660. The summed E-state index contributed by atoms with van der Waals surface area (Å²) in [6, 6.07) is 12.7. The summed E-state index contributed by atoms with van der Waals surface area (Å²) >= 11 is 0. The Kier molecular flexibility index (Phi) is 6.98. The van der Waals surface area contributed by atoms with Crippen LogP contribution in [0.25, 0.3) is 16.7 Å². The van der Waals surface area contributed by atoms with Gasteiger partial charge < -0.3 is 19.3 Å². The van der Waals surface area contributed by atoms with E-state index in [0.29, 0.717) is 18.7 Å². The van der Waals surface area contributed by atoms with Gasteiger partial charge in [0, 0.05) is 47.4 Å². The quantitative estimate of drug-likeness (QED) is 0.248. The number of aryl methyl sites for hydroxylation is 1. The van der Waals surface area contributed by atoms with Gasteiger partial charge in [0.2, 0.25) is 0 Å². The van der Waals surface area contributed by atoms with Crippen molar-refractivity contribution in [3.05, 3.63) is 70.9 Å². The number of carbonyl (C=O) groups is 2. The van der Waals surface area contributed by atoms with E-state index in [9.17, 15) is 14.7 Å². The third-order valence-electron chi connectivity index (χ3n) is 6.88. The van der Waals surface area contributed by atoms with Crippen molar-refractivity contribution in [2.24, 2.45) is 7.05 Å². The largest absolute Gasteiger partial charge is 0.507 e. The molecule has 1 N–H and O–H groups in total. The number of hydrogen-bond acceptors (Lipinski definition) is 4. The van der Waals surface area contributed by atoms with E-state index in [0.717, 1.165) is 40.6 Å². The third-order valence-corrected chi connectivity index (χ3v) is 6.88. The normalized spacial score (nSPS) is 17.8. The molecular formula is C30H36N2O4. The monoisotopic (exact) mass is 488 g/mol. The molecule has 6 nitrogen and oxygen atoms in total. The van der Waals surface area contributed by atoms with Gasteiger partial charge in [0.15, 0.2) is 0 Å². The van der Waals surface area contributed by atoms with Gasteiger partial charge in [0.05, 0.1) is 18.2 Å². The molecule has 1 unspecified atom stereocenters. The van der Waals surface area contributed by atoms with Gasteiger partial charge in [-0.3, -0.25) is 9.59 Å². The van der Waals surface area contributed by atoms with Crippen LogP contribution in [0.15, 0.2) is 54.2 Å². The van der Waals surface area contributed by atoms with Gasteiger partial charge >= 0.3 is 0 Å². The van der Waals surface area contributed by atoms with Crippen molar-refractivity contribution < 1.29 is 19.4 Å². The highest BCUT2D eigenvalue weighted by Crippen LogP contribution is 2.43. The molecule has 36 heavy (non-hydrogen) atoms. The molecule has 3 aromatic rings. The molecule has 0 radical (unpaired) electrons. The van der Waals surface area contributed by atoms with Crippen LogP contribution in [0.1, 0.15) is 70.2 Å². The van der Waals surface area contributed by atoms with Crippen LogP contribution in [-0.4, -0.2) is 39.4 Å². The molecule has 0 bridgehead atoms. The molecule has 1 aromatic heterocycles. The Morgan fingerprint density at radius 1 is 1.08 bits per heavy atom. The zero-order valence-corrected chi connectivity index (χ0v) is 22.1. The maximum absolute atomic E-state index is 13.4. The van der Waals surface area contributed by atoms with E-state index < -0.39 is 17.7 Å². The number of amides is 1. The van der Waals surface area contributed by atoms with E-state index in [1.807, 2.05) is 61.1 Å². The standard InChI is InChI=1S/C30H36N2O4/c1-7-9-16-32-26(21-18-31(6)23-13-11-10-12-20(21)23)25(28(34)29(32)35)27(33)19-14-15-24(36-8-2)22(17-19)30(3,4)5/h10-15,17-18,26,33H,7-9,16H2,1-6H3/b27-25+. The van der Waals surface area contributed by atoms with Gasteiger partial charge in [-0.15, -0.1) is 0 Å². The number of ether oxygens (including phenoxy) is 1. The van der Waals surface area contributed by atoms with Crippen molar-refractivity contribution in [1.29, 1.82) is 0 Å². The minimum absolute atomic E-state index is 0.136. The Labute approximate surface area is 213 Å². The summed E-state index contributed by atoms with van der Waals surface area (Å²) in [5.74, 6) is -0.618. The first-order valence-electron chi connectivity index (χ1n) is 12.7. The lowest BCUT2D eigenvalue weighted by Crippen LogP contribution is -2.30. The molecule has 0 saturated carbocycles. The lowest BCUT2D eigenvalue weighted by Gasteiger charge is -2.25. The summed E-state index contributed by atoms with van der Waals surface area (Å²) in [6.07, 6.45) is 3.62. The molecule has 1 amide bonds. The maximum Gasteiger partial charge on any atom is 0.295 e. The van der Waals surface area contributed by atoms with Gasteiger partial charge in [0.25, 0.3) is 11.7 Å². The molecule has 1 fully saturated rings. The van der Waals surface area contributed by atoms with E-state index in [1.165, 1.54) is 0 Å². The zero-order chi connectivity index (χ0) is 26.2. The first kappa shape index (κ1) is 25.5. The molecule has 6 heteroatoms. The number of para-hydroxylation sites is 1. The van der Waals surface area contributed by atoms with E-state index in [-0.39, 0.29) is 16.7 Å². The highest BCUT2D eigenvalue weighted by Gasteiger charge is 2.46. The summed E-state index contributed by atoms with van der Waals surface area (Å²) in [4.78, 5) is 28.3. The number of aliphatic hydroxyl groups excluding tert-OH is 1. The topological polar surface area (TPSA) is 71.8 Å². The van der Waals surface area contributed by atoms with Crippen molar-refractivity contribution in [3.63, 3.8) is 0 Å². The molecule has 0 spiro atoms. The minimum Gasteiger partial charge on any atom is -0.507 e. The lowest BCUT2D eigenvalue weighted by molar-refractivity contribution is -0.139. The number of carbonyl (C=O) groups excluding carboxylic acids is 2. The second-order valence-corrected chi connectivity index (χ2v) is 10.5. The van der Waals surface area contributed by atoms with E-state index in [2.05, 4.69) is 27.7 Å². The van der Waals surface area contributed by atoms with Crippen molar-refractivity contribution >= 4 is 28.4 Å². The molecule has 4 rings (SSSR count). The second kappa shape index (κ2) is 9.84. The van der Waals surface area contributed by atoms with Crippen LogP contribution in [0.4, 0.5) is 0 Å². The van der Waals surface area contributed by atoms with Crippen LogP contribution >= 0.6 is 0 Å². The molecule has 1 atom stereocenters. The molecular weight excluding hydrogens is 452 g/mol. The van der Waals surface area contributed by atoms with E-state index >= 15 is 0 Å². The van der Waals surface area contributed by atoms with E-state index in [4.69, 9.17) is 4.74 Å². The summed E-state index contributed by atoms with van der Waals surface area (Å²) in [7, 11) is 1.95. The average Bonchev–Trinajstić information content (AvgIpc) is 3.30. The Morgan fingerprint density at radius 2 is 1.81 bits per heavy atom. The first-order chi connectivity index (χ1) is 17.1. The molecule has 2 heterocycles. The fraction of sp³-hybridized carbons (Fsp3) is 0.400. The third kappa shape index (κ3) is 4.41. The summed E-state index contributed by atoms with van der Waals surface area (Å²) < 4.78 is 7.83. The highest BCUT2D eigenvalue weighted by molar-refractivity contribution is 6.46. The number of ketones is 1. The van der Waals surface area contributed by atoms with Gasteiger partial charge in [-0.05, 0) is 43.0 Å². The van der Waals surface area contributed by atoms with Crippen LogP contribution < -0.4 is 4.74 Å². The highest BCUT2D eigenvalue weighted by atomic mass is 16.5. The van der Waals surface area contributed by atoms with Crippen LogP contribution in [0.5, 0.6) is 5.75 Å². The Bertz CT molecular complexity index is 1340. The number of rotatable bonds is 7. The zero-order valence-electron chi connectivity index (χ0n) is 22.1. The molecule has 190 valence electrons. The maximum atomic E-state index is 13.4. The van der Waals surface area contributed by atoms with Crippen molar-refractivity contribution in [3.8, 4) is 5.75 Å². The summed E-state index contributed by atoms with van der Waals surface area (Å²) in [5, 5.41) is 12.6. The van der Waals surface area contributed by atoms with Gasteiger partial charge in [-0.1, -0.05) is 52.3 Å². The fourth-order valence-electron chi connectivity index (χ4n) is 5.05. The number of likely N-dealkylation sites (tertiary alicyclic amines) is 1. The first-order valence-corrected chi connectivity index (χ1v) is 12.7. The number of Topliss-reactive ketones (excluding diaryl/α,β-unsaturated/α-hetero) is 1. The molecule has 1 aliphatic rings. The van der Waals surface area contributed by atoms with Crippen molar-refractivity contribution in [2.75, 3.05) is 13.2 Å². The number of fused-ring (bicyclic) bond motifs is 1. The molecule has 1 aliphatic heterocycles. The van der Waals surface area contributed by atoms with Gasteiger partial charge in [-0.2, -0.15) is 0 Å². The average molecular weight is 489 g/mol. The Hall–Kier alpha value is -3.54. The Balaban J connectivity index is 1.95. The fourth-order valence-corrected chi connectivity index (χ4v) is 5.05. The number of benzene rings is 2. The number of nitrogens with zero attached hydrogens (tertiary/aromatic N) is 2. The van der Waals surface area contributed by atoms with E-state index in [1.54, 1.807) is 11.0 Å². The predicted octanol–water partition coefficient (Wildman–Crippen LogP) is 6.10. The van der Waals surface area contributed by atoms with Crippen molar-refractivity contribution in [2.45, 2.75) is 58.9 Å². The number of hydrogen-bond donors (Lipinski definition) is 1. The van der Waals surface area contributed by atoms with Gasteiger partial charge in [0.1, 0.15) is 11.5 Å². The smallest absolute Gasteiger partial charge is 0.295 e. The van der Waals surface area contributed by atoms with Crippen LogP contribution in [-0.2, 0) is 22.1 Å². The second-order valence-electron chi connectivity index (χ2n) is 10.5. The SMILES string of the molecule is CCCCN1C(=O)C(=O)/C(=C(/O)c2ccc(OCC)c(C(C)(C)C)c2)C1c1cn(C)c2ccccc12. The van der Waals surface area contributed by atoms with Crippen LogP contribution in [0.3, 0.4) is 0 Å². The summed E-state index contributed by atoms with van der Waals surface area (Å²) in [5.41, 5.74) is 3.16. The Morgan fingerprint density at radius 3 is 2.47 bits per heavy atom. The lowest BCUT2D eigenvalue weighted by atomic mass is 9.84. The summed E-state index contributed by atoms with van der Waals surface area (Å²) in [6.45, 7) is 11.2. The van der Waals surface area contributed by atoms with Crippen LogP contribution in [0, 0.1) is 0 Å².